The van der Waals surface area contributed by atoms with Crippen molar-refractivity contribution in [2.75, 3.05) is 19.8 Å². The molecule has 24 heteroatoms. The number of ether oxygens (including phenoxy) is 16. The molecule has 0 unspecified atom stereocenters. The zero-order chi connectivity index (χ0) is 75.2. The highest BCUT2D eigenvalue weighted by Gasteiger charge is 2.69. The van der Waals surface area contributed by atoms with Crippen LogP contribution < -0.4 is 0 Å². The van der Waals surface area contributed by atoms with Gasteiger partial charge in [-0.05, 0) is 177 Å². The number of esters is 8. The summed E-state index contributed by atoms with van der Waals surface area (Å²) in [5.41, 5.74) is -1.02. The largest absolute Gasteiger partial charge is 0.463 e. The lowest BCUT2D eigenvalue weighted by atomic mass is 9.47. The molecule has 0 aromatic heterocycles. The van der Waals surface area contributed by atoms with Gasteiger partial charge in [-0.25, -0.2) is 14.4 Å². The third-order valence-corrected chi connectivity index (χ3v) is 23.5. The second-order valence-corrected chi connectivity index (χ2v) is 32.9. The number of hydrogen-bond donors (Lipinski definition) is 0. The molecule has 8 fully saturated rings. The van der Waals surface area contributed by atoms with Crippen LogP contribution in [0.3, 0.4) is 0 Å². The van der Waals surface area contributed by atoms with Crippen LogP contribution in [0.25, 0.3) is 0 Å². The topological polar surface area (TPSA) is 284 Å². The predicted octanol–water partition coefficient (Wildman–Crippen LogP) is 11.4. The van der Waals surface area contributed by atoms with Gasteiger partial charge in [0.15, 0.2) is 67.4 Å². The Morgan fingerprint density at radius 1 is 0.505 bits per heavy atom. The van der Waals surface area contributed by atoms with Crippen LogP contribution in [-0.2, 0) is 99.8 Å². The van der Waals surface area contributed by atoms with E-state index in [1.165, 1.54) is 42.0 Å². The molecule has 3 aromatic carbocycles. The van der Waals surface area contributed by atoms with Gasteiger partial charge in [0, 0.05) is 33.1 Å². The molecule has 0 amide bonds. The Labute approximate surface area is 614 Å². The van der Waals surface area contributed by atoms with E-state index in [0.29, 0.717) is 49.0 Å². The van der Waals surface area contributed by atoms with E-state index in [-0.39, 0.29) is 39.5 Å². The van der Waals surface area contributed by atoms with Crippen LogP contribution in [0.4, 0.5) is 0 Å². The summed E-state index contributed by atoms with van der Waals surface area (Å²) >= 11 is 0. The van der Waals surface area contributed by atoms with Gasteiger partial charge >= 0.3 is 47.8 Å². The fourth-order valence-corrected chi connectivity index (χ4v) is 18.1. The first-order chi connectivity index (χ1) is 49.7. The Morgan fingerprint density at radius 2 is 1.02 bits per heavy atom. The fraction of sp³-hybridized carbons (Fsp3) is 0.654. The third kappa shape index (κ3) is 16.3. The van der Waals surface area contributed by atoms with Crippen molar-refractivity contribution >= 4 is 47.8 Å². The number of allylic oxidation sites excluding steroid dienone is 1. The number of fused-ring (bicyclic) bond motifs is 7. The lowest BCUT2D eigenvalue weighted by Crippen LogP contribution is -2.67. The number of carbonyl (C=O) groups excluding carboxylic acids is 8. The Balaban J connectivity index is 0.954. The Kier molecular flexibility index (Phi) is 23.0. The van der Waals surface area contributed by atoms with Crippen molar-refractivity contribution in [2.45, 2.75) is 259 Å². The van der Waals surface area contributed by atoms with Crippen LogP contribution in [0.2, 0.25) is 0 Å². The Morgan fingerprint density at radius 3 is 1.58 bits per heavy atom. The molecule has 105 heavy (non-hydrogen) atoms. The van der Waals surface area contributed by atoms with Crippen molar-refractivity contribution in [3.05, 3.63) is 119 Å². The molecule has 572 valence electrons. The maximum absolute atomic E-state index is 15.1. The molecular weight excluding hydrogens is 1360 g/mol. The van der Waals surface area contributed by atoms with E-state index in [9.17, 15) is 33.6 Å². The van der Waals surface area contributed by atoms with Crippen molar-refractivity contribution in [1.29, 1.82) is 0 Å². The average Bonchev–Trinajstić information content (AvgIpc) is 1.55. The van der Waals surface area contributed by atoms with Crippen LogP contribution in [-0.4, -0.2) is 172 Å². The number of rotatable bonds is 19. The first-order valence-electron chi connectivity index (χ1n) is 37.3. The molecule has 4 aliphatic carbocycles. The molecular formula is C81H104O24. The highest BCUT2D eigenvalue weighted by Crippen LogP contribution is 2.71. The summed E-state index contributed by atoms with van der Waals surface area (Å²) in [6.45, 7) is 23.9. The minimum Gasteiger partial charge on any atom is -0.463 e. The molecule has 0 radical (unpaired) electrons. The van der Waals surface area contributed by atoms with Crippen LogP contribution >= 0.6 is 0 Å². The van der Waals surface area contributed by atoms with Gasteiger partial charge < -0.3 is 75.8 Å². The molecule has 9 aliphatic rings. The fourth-order valence-electron chi connectivity index (χ4n) is 18.1. The van der Waals surface area contributed by atoms with Crippen LogP contribution in [0.15, 0.2) is 103 Å². The minimum absolute atomic E-state index is 0.0563. The molecule has 5 aliphatic heterocycles. The maximum Gasteiger partial charge on any atom is 0.338 e. The molecule has 0 N–H and O–H groups in total. The molecule has 24 nitrogen and oxygen atoms in total. The molecule has 25 atom stereocenters. The summed E-state index contributed by atoms with van der Waals surface area (Å²) in [6.07, 6.45) is -13.5. The van der Waals surface area contributed by atoms with E-state index in [1.807, 2.05) is 0 Å². The Bertz CT molecular complexity index is 3650. The predicted molar refractivity (Wildman–Crippen MR) is 372 cm³/mol. The lowest BCUT2D eigenvalue weighted by molar-refractivity contribution is -0.380. The molecule has 5 heterocycles. The van der Waals surface area contributed by atoms with Gasteiger partial charge in [0.25, 0.3) is 0 Å². The summed E-state index contributed by atoms with van der Waals surface area (Å²) < 4.78 is 105. The van der Waals surface area contributed by atoms with E-state index in [0.717, 1.165) is 65.7 Å². The van der Waals surface area contributed by atoms with Gasteiger partial charge in [-0.3, -0.25) is 24.0 Å². The van der Waals surface area contributed by atoms with Crippen molar-refractivity contribution in [1.82, 2.24) is 0 Å². The SMILES string of the molecule is CC(=O)OC[C@@H]1O[C@@H](O[C@H]2[C@H](OC(=O)C(C)(C)C)[C@@H](O[C@@H]3O[C@@H](C)[C@H](OC(=O)c4ccccc4)[C@@H](OC(=O)c4ccccc4)[C@H]3OC(=O)c3ccccc3)[C@H](O[C@H]3CC[C@@]4(C)C(=CC[C@H]5[C@@H]6C[C@@H]7O[C@]8(CC[C@@H](C)CO8)[C@@H](C)[C@@H]7[C@@]6(C)CC[C@@H]54)C3)O[C@@H]2COC(=O)C(C)(C)C)[C@H](OC(C)=O)[C@H]1OC(C)=O. The van der Waals surface area contributed by atoms with E-state index < -0.39 is 170 Å². The first kappa shape index (κ1) is 77.5. The normalized spacial score (nSPS) is 37.7. The standard InChI is InChI=1S/C81H104O24/c1-43-32-37-81(92-40-43)44(2)60-57(105-81)39-56-54-31-30-52-38-53(33-35-79(52,13)55(54)34-36-80(56,60)14)96-73-68(103-72-67(101-71(87)51-28-22-17-23-29-51)64(100-70(86)50-26-20-16-21-27-50)61(45(3)93-72)99-69(85)49-24-18-15-19-25-49)65(104-76(89)78(10,11)12)62(59(97-73)42-91-75(88)77(7,8)9)102-74-66(95-48(6)84)63(94-47(5)83)58(98-74)41-90-46(4)82/h15-30,43-45,53-68,72-74H,31-42H2,1-14H3/t43-,44+,45+,53+,54-,55+,56+,57+,58+,59-,60+,61+,62-,63+,64-,65+,66-,67-,68-,72+,73-,74+,79+,80+,81-/m1/s1. The Hall–Kier alpha value is -7.16. The smallest absolute Gasteiger partial charge is 0.338 e. The van der Waals surface area contributed by atoms with E-state index >= 15 is 4.79 Å². The molecule has 1 spiro atoms. The highest BCUT2D eigenvalue weighted by atomic mass is 16.8. The number of carbonyl (C=O) groups is 8. The van der Waals surface area contributed by atoms with Gasteiger partial charge in [0.05, 0.1) is 52.4 Å². The maximum atomic E-state index is 15.1. The van der Waals surface area contributed by atoms with Crippen molar-refractivity contribution in [2.24, 2.45) is 57.2 Å². The third-order valence-electron chi connectivity index (χ3n) is 23.5. The van der Waals surface area contributed by atoms with Crippen molar-refractivity contribution < 1.29 is 114 Å². The number of benzene rings is 3. The average molecular weight is 1460 g/mol. The molecule has 0 bridgehead atoms. The van der Waals surface area contributed by atoms with Crippen LogP contribution in [0.1, 0.15) is 186 Å². The van der Waals surface area contributed by atoms with Crippen molar-refractivity contribution in [3.63, 3.8) is 0 Å². The van der Waals surface area contributed by atoms with E-state index in [2.05, 4.69) is 33.8 Å². The zero-order valence-electron chi connectivity index (χ0n) is 62.7. The van der Waals surface area contributed by atoms with Gasteiger partial charge in [-0.1, -0.05) is 93.9 Å². The zero-order valence-corrected chi connectivity index (χ0v) is 62.7. The van der Waals surface area contributed by atoms with Gasteiger partial charge in [0.1, 0.15) is 31.5 Å². The quantitative estimate of drug-likeness (QED) is 0.0612. The lowest BCUT2D eigenvalue weighted by Gasteiger charge is -2.59. The molecule has 12 rings (SSSR count). The van der Waals surface area contributed by atoms with E-state index in [4.69, 9.17) is 75.8 Å². The summed E-state index contributed by atoms with van der Waals surface area (Å²) in [5, 5.41) is 0. The first-order valence-corrected chi connectivity index (χ1v) is 37.3. The van der Waals surface area contributed by atoms with Gasteiger partial charge in [0.2, 0.25) is 0 Å². The van der Waals surface area contributed by atoms with Crippen LogP contribution in [0.5, 0.6) is 0 Å². The summed E-state index contributed by atoms with van der Waals surface area (Å²) in [4.78, 5) is 112. The highest BCUT2D eigenvalue weighted by molar-refractivity contribution is 5.91. The summed E-state index contributed by atoms with van der Waals surface area (Å²) in [7, 11) is 0. The molecule has 3 aromatic rings. The summed E-state index contributed by atoms with van der Waals surface area (Å²) in [5.74, 6) is -4.77. The van der Waals surface area contributed by atoms with Gasteiger partial charge in [-0.15, -0.1) is 0 Å². The monoisotopic (exact) mass is 1460 g/mol. The second kappa shape index (κ2) is 31.2. The van der Waals surface area contributed by atoms with Gasteiger partial charge in [-0.2, -0.15) is 0 Å². The van der Waals surface area contributed by atoms with E-state index in [1.54, 1.807) is 103 Å². The molecule has 3 saturated carbocycles. The number of hydrogen-bond acceptors (Lipinski definition) is 24. The van der Waals surface area contributed by atoms with Crippen molar-refractivity contribution in [3.8, 4) is 0 Å². The second-order valence-electron chi connectivity index (χ2n) is 32.9. The summed E-state index contributed by atoms with van der Waals surface area (Å²) in [6, 6.07) is 24.1. The molecule has 5 saturated heterocycles. The van der Waals surface area contributed by atoms with Crippen LogP contribution in [0, 0.1) is 57.2 Å². The minimum atomic E-state index is -1.89.